The maximum absolute atomic E-state index is 12.6. The number of carbonyl (C=O) groups is 1. The lowest BCUT2D eigenvalue weighted by Crippen LogP contribution is -2.38. The monoisotopic (exact) mass is 394 g/mol. The largest absolute Gasteiger partial charge is 0.481 e. The number of benzene rings is 2. The van der Waals surface area contributed by atoms with Crippen LogP contribution in [0.3, 0.4) is 0 Å². The van der Waals surface area contributed by atoms with Crippen LogP contribution in [0, 0.1) is 5.92 Å². The van der Waals surface area contributed by atoms with Crippen LogP contribution in [0.4, 0.5) is 5.69 Å². The molecule has 0 radical (unpaired) electrons. The van der Waals surface area contributed by atoms with Crippen molar-refractivity contribution in [3.63, 3.8) is 0 Å². The van der Waals surface area contributed by atoms with Gasteiger partial charge in [-0.15, -0.1) is 0 Å². The molecule has 2 aromatic rings. The first-order valence-corrected chi connectivity index (χ1v) is 10.9. The molecule has 0 aliphatic carbocycles. The van der Waals surface area contributed by atoms with Crippen molar-refractivity contribution in [1.82, 2.24) is 5.32 Å². The van der Waals surface area contributed by atoms with Crippen LogP contribution in [-0.2, 0) is 11.2 Å². The Balaban J connectivity index is 1.57. The van der Waals surface area contributed by atoms with Crippen LogP contribution in [-0.4, -0.2) is 25.1 Å². The van der Waals surface area contributed by atoms with Gasteiger partial charge in [0.1, 0.15) is 5.75 Å². The number of rotatable bonds is 7. The second kappa shape index (κ2) is 9.82. The van der Waals surface area contributed by atoms with E-state index >= 15 is 0 Å². The van der Waals surface area contributed by atoms with Gasteiger partial charge in [0.15, 0.2) is 6.10 Å². The standard InChI is InChI=1S/C25H34N2O2/c1-5-21-10-6-7-11-24(21)29-20(4)25(28)26-19(3)22-12-14-23(15-13-22)27-16-8-9-18(2)17-27/h6-7,10-15,18-20H,5,8-9,16-17H2,1-4H3,(H,26,28)/t18-,19-,20+/m0/s1. The summed E-state index contributed by atoms with van der Waals surface area (Å²) in [5, 5.41) is 3.08. The number of carbonyl (C=O) groups excluding carboxylic acids is 1. The molecule has 1 amide bonds. The van der Waals surface area contributed by atoms with Gasteiger partial charge in [0.05, 0.1) is 6.04 Å². The van der Waals surface area contributed by atoms with E-state index in [2.05, 4.69) is 48.3 Å². The predicted molar refractivity (Wildman–Crippen MR) is 120 cm³/mol. The van der Waals surface area contributed by atoms with Gasteiger partial charge < -0.3 is 15.0 Å². The summed E-state index contributed by atoms with van der Waals surface area (Å²) in [6.07, 6.45) is 2.91. The van der Waals surface area contributed by atoms with Gasteiger partial charge in [-0.3, -0.25) is 4.79 Å². The smallest absolute Gasteiger partial charge is 0.261 e. The van der Waals surface area contributed by atoms with Crippen molar-refractivity contribution in [3.05, 3.63) is 59.7 Å². The topological polar surface area (TPSA) is 41.6 Å². The molecule has 2 aromatic carbocycles. The summed E-state index contributed by atoms with van der Waals surface area (Å²) in [7, 11) is 0. The summed E-state index contributed by atoms with van der Waals surface area (Å²) >= 11 is 0. The SMILES string of the molecule is CCc1ccccc1O[C@H](C)C(=O)N[C@@H](C)c1ccc(N2CCC[C@H](C)C2)cc1. The van der Waals surface area contributed by atoms with Gasteiger partial charge in [-0.2, -0.15) is 0 Å². The summed E-state index contributed by atoms with van der Waals surface area (Å²) in [5.41, 5.74) is 3.49. The maximum atomic E-state index is 12.6. The van der Waals surface area contributed by atoms with E-state index < -0.39 is 6.10 Å². The van der Waals surface area contributed by atoms with E-state index in [0.717, 1.165) is 42.3 Å². The van der Waals surface area contributed by atoms with E-state index in [1.54, 1.807) is 6.92 Å². The number of hydrogen-bond donors (Lipinski definition) is 1. The zero-order valence-corrected chi connectivity index (χ0v) is 18.2. The average Bonchev–Trinajstić information content (AvgIpc) is 2.74. The number of para-hydroxylation sites is 1. The van der Waals surface area contributed by atoms with Crippen molar-refractivity contribution < 1.29 is 9.53 Å². The fourth-order valence-electron chi connectivity index (χ4n) is 3.97. The minimum Gasteiger partial charge on any atom is -0.481 e. The normalized spacial score (nSPS) is 18.8. The van der Waals surface area contributed by atoms with Crippen molar-refractivity contribution in [1.29, 1.82) is 0 Å². The van der Waals surface area contributed by atoms with Gasteiger partial charge in [-0.25, -0.2) is 0 Å². The summed E-state index contributed by atoms with van der Waals surface area (Å²) < 4.78 is 5.92. The third kappa shape index (κ3) is 5.53. The maximum Gasteiger partial charge on any atom is 0.261 e. The molecule has 3 atom stereocenters. The third-order valence-corrected chi connectivity index (χ3v) is 5.80. The molecule has 0 spiro atoms. The van der Waals surface area contributed by atoms with Crippen LogP contribution in [0.5, 0.6) is 5.75 Å². The third-order valence-electron chi connectivity index (χ3n) is 5.80. The molecule has 0 unspecified atom stereocenters. The number of amides is 1. The van der Waals surface area contributed by atoms with Crippen LogP contribution in [0.25, 0.3) is 0 Å². The Bertz CT molecular complexity index is 803. The number of hydrogen-bond acceptors (Lipinski definition) is 3. The first-order chi connectivity index (χ1) is 14.0. The molecule has 1 N–H and O–H groups in total. The molecule has 1 heterocycles. The predicted octanol–water partition coefficient (Wildman–Crippen LogP) is 5.13. The number of aryl methyl sites for hydroxylation is 1. The van der Waals surface area contributed by atoms with Gasteiger partial charge >= 0.3 is 0 Å². The molecule has 1 fully saturated rings. The summed E-state index contributed by atoms with van der Waals surface area (Å²) in [5.74, 6) is 1.43. The summed E-state index contributed by atoms with van der Waals surface area (Å²) in [6, 6.07) is 16.4. The molecule has 3 rings (SSSR count). The van der Waals surface area contributed by atoms with Crippen molar-refractivity contribution in [3.8, 4) is 5.75 Å². The fraction of sp³-hybridized carbons (Fsp3) is 0.480. The van der Waals surface area contributed by atoms with E-state index in [1.165, 1.54) is 18.5 Å². The minimum absolute atomic E-state index is 0.0655. The first-order valence-electron chi connectivity index (χ1n) is 10.9. The van der Waals surface area contributed by atoms with Gasteiger partial charge in [-0.05, 0) is 68.4 Å². The molecule has 1 aliphatic heterocycles. The Morgan fingerprint density at radius 1 is 1.17 bits per heavy atom. The number of ether oxygens (including phenoxy) is 1. The number of anilines is 1. The highest BCUT2D eigenvalue weighted by Gasteiger charge is 2.20. The quantitative estimate of drug-likeness (QED) is 0.708. The second-order valence-electron chi connectivity index (χ2n) is 8.24. The van der Waals surface area contributed by atoms with Crippen LogP contribution < -0.4 is 15.0 Å². The van der Waals surface area contributed by atoms with Gasteiger partial charge in [-0.1, -0.05) is 44.2 Å². The Kier molecular flexibility index (Phi) is 7.18. The minimum atomic E-state index is -0.542. The van der Waals surface area contributed by atoms with E-state index in [0.29, 0.717) is 0 Å². The van der Waals surface area contributed by atoms with Crippen LogP contribution in [0.2, 0.25) is 0 Å². The zero-order chi connectivity index (χ0) is 20.8. The van der Waals surface area contributed by atoms with Crippen LogP contribution >= 0.6 is 0 Å². The van der Waals surface area contributed by atoms with E-state index in [4.69, 9.17) is 4.74 Å². The van der Waals surface area contributed by atoms with Gasteiger partial charge in [0.25, 0.3) is 5.91 Å². The number of piperidine rings is 1. The molecule has 156 valence electrons. The average molecular weight is 395 g/mol. The Morgan fingerprint density at radius 2 is 1.90 bits per heavy atom. The highest BCUT2D eigenvalue weighted by molar-refractivity contribution is 5.81. The molecule has 4 nitrogen and oxygen atoms in total. The Labute approximate surface area is 175 Å². The molecular formula is C25H34N2O2. The van der Waals surface area contributed by atoms with Crippen LogP contribution in [0.1, 0.15) is 57.7 Å². The van der Waals surface area contributed by atoms with Gasteiger partial charge in [0, 0.05) is 18.8 Å². The molecular weight excluding hydrogens is 360 g/mol. The molecule has 29 heavy (non-hydrogen) atoms. The fourth-order valence-corrected chi connectivity index (χ4v) is 3.97. The zero-order valence-electron chi connectivity index (χ0n) is 18.2. The van der Waals surface area contributed by atoms with Crippen molar-refractivity contribution in [2.24, 2.45) is 5.92 Å². The summed E-state index contributed by atoms with van der Waals surface area (Å²) in [6.45, 7) is 10.5. The lowest BCUT2D eigenvalue weighted by atomic mass is 9.99. The second-order valence-corrected chi connectivity index (χ2v) is 8.24. The summed E-state index contributed by atoms with van der Waals surface area (Å²) in [4.78, 5) is 15.1. The first kappa shape index (κ1) is 21.2. The van der Waals surface area contributed by atoms with Crippen molar-refractivity contribution in [2.45, 2.75) is 59.1 Å². The molecule has 0 aromatic heterocycles. The molecule has 0 bridgehead atoms. The molecule has 0 saturated carbocycles. The van der Waals surface area contributed by atoms with E-state index in [1.807, 2.05) is 31.2 Å². The van der Waals surface area contributed by atoms with Crippen molar-refractivity contribution in [2.75, 3.05) is 18.0 Å². The van der Waals surface area contributed by atoms with Gasteiger partial charge in [0.2, 0.25) is 0 Å². The highest BCUT2D eigenvalue weighted by Crippen LogP contribution is 2.25. The lowest BCUT2D eigenvalue weighted by Gasteiger charge is -2.33. The molecule has 1 aliphatic rings. The lowest BCUT2D eigenvalue weighted by molar-refractivity contribution is -0.127. The molecule has 1 saturated heterocycles. The Morgan fingerprint density at radius 3 is 2.59 bits per heavy atom. The number of nitrogens with zero attached hydrogens (tertiary/aromatic N) is 1. The van der Waals surface area contributed by atoms with Crippen molar-refractivity contribution >= 4 is 11.6 Å². The van der Waals surface area contributed by atoms with E-state index in [-0.39, 0.29) is 11.9 Å². The number of nitrogens with one attached hydrogen (secondary N) is 1. The van der Waals surface area contributed by atoms with E-state index in [9.17, 15) is 4.79 Å². The molecule has 4 heteroatoms. The Hall–Kier alpha value is -2.49. The highest BCUT2D eigenvalue weighted by atomic mass is 16.5. The van der Waals surface area contributed by atoms with Crippen LogP contribution in [0.15, 0.2) is 48.5 Å².